The van der Waals surface area contributed by atoms with Gasteiger partial charge >= 0.3 is 11.9 Å². The lowest BCUT2D eigenvalue weighted by Gasteiger charge is -2.20. The van der Waals surface area contributed by atoms with Gasteiger partial charge in [0.15, 0.2) is 0 Å². The van der Waals surface area contributed by atoms with E-state index in [4.69, 9.17) is 10.8 Å². The van der Waals surface area contributed by atoms with Crippen LogP contribution in [-0.4, -0.2) is 81.6 Å². The van der Waals surface area contributed by atoms with Gasteiger partial charge in [-0.15, -0.1) is 0 Å². The van der Waals surface area contributed by atoms with Crippen molar-refractivity contribution in [1.29, 1.82) is 0 Å². The van der Waals surface area contributed by atoms with Crippen molar-refractivity contribution in [3.05, 3.63) is 36.0 Å². The van der Waals surface area contributed by atoms with Crippen molar-refractivity contribution < 1.29 is 43.8 Å². The average Bonchev–Trinajstić information content (AvgIpc) is 3.53. The van der Waals surface area contributed by atoms with Crippen LogP contribution < -0.4 is 21.7 Å². The van der Waals surface area contributed by atoms with Gasteiger partial charge in [0.1, 0.15) is 17.6 Å². The number of H-pyrrole nitrogens is 1. The van der Waals surface area contributed by atoms with E-state index in [1.54, 1.807) is 13.1 Å². The number of aromatic nitrogens is 1. The number of amides is 3. The molecule has 300 valence electrons. The van der Waals surface area contributed by atoms with E-state index >= 15 is 0 Å². The lowest BCUT2D eigenvalue weighted by molar-refractivity contribution is -0.142. The van der Waals surface area contributed by atoms with E-state index in [1.165, 1.54) is 0 Å². The summed E-state index contributed by atoms with van der Waals surface area (Å²) >= 11 is 0. The van der Waals surface area contributed by atoms with Crippen LogP contribution in [0.4, 0.5) is 0 Å². The second-order valence-electron chi connectivity index (χ2n) is 14.2. The summed E-state index contributed by atoms with van der Waals surface area (Å²) in [7, 11) is 0. The number of carboxylic acids is 2. The molecule has 0 aliphatic heterocycles. The predicted octanol–water partition coefficient (Wildman–Crippen LogP) is 4.72. The Kier molecular flexibility index (Phi) is 22.1. The lowest BCUT2D eigenvalue weighted by atomic mass is 9.90. The number of hydrogen-bond acceptors (Lipinski definition) is 8. The highest BCUT2D eigenvalue weighted by Crippen LogP contribution is 2.23. The van der Waals surface area contributed by atoms with Gasteiger partial charge in [-0.1, -0.05) is 56.7 Å². The first-order chi connectivity index (χ1) is 25.9. The number of unbranched alkanes of at least 4 members (excludes halogenated alkanes) is 8. The summed E-state index contributed by atoms with van der Waals surface area (Å²) in [5.74, 6) is -4.17. The number of carbonyl (C=O) groups is 7. The standard InChI is InChI=1S/C40H61N5O9/c1-28(46)15-8-6-4-2-3-5-7-9-19-36(48)42-23-13-12-17-32(41)35(47)26-29(25-30-27-44-33-18-11-10-16-31(30)33)39(52)43-24-22-34(40(53)54)45-37(49)20-14-21-38(50)51/h10-11,16,18,27,29,32,34,44H,2-9,12-15,17,19-26,41H2,1H3,(H,42,48)(H,43,52)(H,45,49)(H,50,51)(H,53,54)/t29-,32-,34+/m0/s1. The molecule has 0 unspecified atom stereocenters. The molecule has 1 aromatic carbocycles. The third-order valence-electron chi connectivity index (χ3n) is 9.48. The molecule has 8 N–H and O–H groups in total. The topological polar surface area (TPSA) is 238 Å². The molecule has 0 saturated heterocycles. The van der Waals surface area contributed by atoms with Crippen molar-refractivity contribution in [3.8, 4) is 0 Å². The summed E-state index contributed by atoms with van der Waals surface area (Å²) < 4.78 is 0. The maximum absolute atomic E-state index is 13.4. The van der Waals surface area contributed by atoms with Gasteiger partial charge in [0.25, 0.3) is 0 Å². The van der Waals surface area contributed by atoms with Crippen LogP contribution in [-0.2, 0) is 40.0 Å². The van der Waals surface area contributed by atoms with Crippen LogP contribution in [0.5, 0.6) is 0 Å². The van der Waals surface area contributed by atoms with Gasteiger partial charge < -0.3 is 41.7 Å². The van der Waals surface area contributed by atoms with E-state index < -0.39 is 41.8 Å². The van der Waals surface area contributed by atoms with Crippen LogP contribution in [0.1, 0.15) is 128 Å². The van der Waals surface area contributed by atoms with E-state index in [-0.39, 0.29) is 62.5 Å². The van der Waals surface area contributed by atoms with Crippen LogP contribution in [0.25, 0.3) is 10.9 Å². The number of benzene rings is 1. The van der Waals surface area contributed by atoms with Crippen LogP contribution in [0, 0.1) is 5.92 Å². The van der Waals surface area contributed by atoms with Crippen molar-refractivity contribution >= 4 is 52.1 Å². The van der Waals surface area contributed by atoms with Crippen molar-refractivity contribution in [2.75, 3.05) is 13.1 Å². The molecule has 1 heterocycles. The summed E-state index contributed by atoms with van der Waals surface area (Å²) in [4.78, 5) is 87.7. The number of nitrogens with two attached hydrogens (primary N) is 1. The highest BCUT2D eigenvalue weighted by Gasteiger charge is 2.27. The van der Waals surface area contributed by atoms with E-state index in [2.05, 4.69) is 20.9 Å². The number of Topliss-reactive ketones (excluding diaryl/α,β-unsaturated/α-hetero) is 2. The molecule has 14 nitrogen and oxygen atoms in total. The Labute approximate surface area is 318 Å². The quantitative estimate of drug-likeness (QED) is 0.0523. The number of hydrogen-bond donors (Lipinski definition) is 7. The van der Waals surface area contributed by atoms with Crippen LogP contribution in [0.3, 0.4) is 0 Å². The van der Waals surface area contributed by atoms with Crippen molar-refractivity contribution in [2.45, 2.75) is 141 Å². The molecule has 0 aliphatic carbocycles. The molecule has 0 radical (unpaired) electrons. The predicted molar refractivity (Wildman–Crippen MR) is 205 cm³/mol. The molecule has 3 amide bonds. The number of aromatic amines is 1. The molecular formula is C40H61N5O9. The monoisotopic (exact) mass is 755 g/mol. The highest BCUT2D eigenvalue weighted by atomic mass is 16.4. The fourth-order valence-electron chi connectivity index (χ4n) is 6.31. The number of carbonyl (C=O) groups excluding carboxylic acids is 5. The normalized spacial score (nSPS) is 12.8. The number of fused-ring (bicyclic) bond motifs is 1. The van der Waals surface area contributed by atoms with E-state index in [0.29, 0.717) is 38.6 Å². The molecule has 0 aliphatic rings. The number of rotatable bonds is 31. The number of nitrogens with one attached hydrogen (secondary N) is 4. The van der Waals surface area contributed by atoms with Gasteiger partial charge in [-0.3, -0.25) is 24.0 Å². The minimum absolute atomic E-state index is 0.0125. The fourth-order valence-corrected chi connectivity index (χ4v) is 6.31. The molecule has 0 bridgehead atoms. The summed E-state index contributed by atoms with van der Waals surface area (Å²) in [6.07, 6.45) is 12.8. The molecule has 3 atom stereocenters. The molecule has 2 rings (SSSR count). The molecule has 0 saturated carbocycles. The van der Waals surface area contributed by atoms with E-state index in [0.717, 1.165) is 67.8 Å². The zero-order valence-corrected chi connectivity index (χ0v) is 31.8. The second kappa shape index (κ2) is 26.2. The van der Waals surface area contributed by atoms with Gasteiger partial charge in [0.05, 0.1) is 6.04 Å². The van der Waals surface area contributed by atoms with Crippen molar-refractivity contribution in [3.63, 3.8) is 0 Å². The van der Waals surface area contributed by atoms with Crippen LogP contribution in [0.2, 0.25) is 0 Å². The summed E-state index contributed by atoms with van der Waals surface area (Å²) in [5.41, 5.74) is 8.00. The molecule has 0 spiro atoms. The smallest absolute Gasteiger partial charge is 0.326 e. The van der Waals surface area contributed by atoms with Gasteiger partial charge in [0, 0.05) is 68.2 Å². The molecule has 14 heteroatoms. The maximum Gasteiger partial charge on any atom is 0.326 e. The first-order valence-electron chi connectivity index (χ1n) is 19.5. The SMILES string of the molecule is CC(=O)CCCCCCCCCCC(=O)NCCCC[C@H](N)C(=O)C[C@H](Cc1c[nH]c2ccccc12)C(=O)NCC[C@@H](NC(=O)CCCC(=O)O)C(=O)O. The summed E-state index contributed by atoms with van der Waals surface area (Å²) in [5, 5.41) is 27.3. The Morgan fingerprint density at radius 1 is 0.722 bits per heavy atom. The van der Waals surface area contributed by atoms with Crippen molar-refractivity contribution in [2.24, 2.45) is 11.7 Å². The first kappa shape index (κ1) is 45.6. The third-order valence-corrected chi connectivity index (χ3v) is 9.48. The zero-order chi connectivity index (χ0) is 39.7. The second-order valence-corrected chi connectivity index (χ2v) is 14.2. The lowest BCUT2D eigenvalue weighted by Crippen LogP contribution is -2.44. The summed E-state index contributed by atoms with van der Waals surface area (Å²) in [6, 6.07) is 5.51. The van der Waals surface area contributed by atoms with E-state index in [9.17, 15) is 38.7 Å². The molecule has 1 aromatic heterocycles. The number of ketones is 2. The average molecular weight is 756 g/mol. The van der Waals surface area contributed by atoms with Gasteiger partial charge in [-0.25, -0.2) is 4.79 Å². The Balaban J connectivity index is 1.78. The zero-order valence-electron chi connectivity index (χ0n) is 31.8. The number of para-hydroxylation sites is 1. The van der Waals surface area contributed by atoms with Crippen LogP contribution >= 0.6 is 0 Å². The number of aliphatic carboxylic acids is 2. The minimum Gasteiger partial charge on any atom is -0.481 e. The minimum atomic E-state index is -1.29. The Morgan fingerprint density at radius 3 is 2.04 bits per heavy atom. The molecule has 0 fully saturated rings. The van der Waals surface area contributed by atoms with E-state index in [1.807, 2.05) is 24.3 Å². The highest BCUT2D eigenvalue weighted by molar-refractivity contribution is 5.91. The van der Waals surface area contributed by atoms with Gasteiger partial charge in [-0.2, -0.15) is 0 Å². The van der Waals surface area contributed by atoms with Gasteiger partial charge in [0.2, 0.25) is 17.7 Å². The Bertz CT molecular complexity index is 1510. The largest absolute Gasteiger partial charge is 0.481 e. The van der Waals surface area contributed by atoms with Gasteiger partial charge in [-0.05, 0) is 69.9 Å². The molecular weight excluding hydrogens is 694 g/mol. The Morgan fingerprint density at radius 2 is 1.37 bits per heavy atom. The maximum atomic E-state index is 13.4. The molecule has 2 aromatic rings. The Hall–Kier alpha value is -4.59. The summed E-state index contributed by atoms with van der Waals surface area (Å²) in [6.45, 7) is 2.04. The first-order valence-corrected chi connectivity index (χ1v) is 19.5. The number of carboxylic acid groups (broad SMARTS) is 2. The van der Waals surface area contributed by atoms with Crippen molar-refractivity contribution in [1.82, 2.24) is 20.9 Å². The molecule has 54 heavy (non-hydrogen) atoms. The fraction of sp³-hybridized carbons (Fsp3) is 0.625. The third kappa shape index (κ3) is 19.5. The van der Waals surface area contributed by atoms with Crippen LogP contribution in [0.15, 0.2) is 30.5 Å².